The van der Waals surface area contributed by atoms with Gasteiger partial charge in [-0.05, 0) is 55.3 Å². The van der Waals surface area contributed by atoms with E-state index < -0.39 is 0 Å². The fourth-order valence-electron chi connectivity index (χ4n) is 3.45. The second-order valence-electron chi connectivity index (χ2n) is 6.69. The molecule has 0 radical (unpaired) electrons. The zero-order chi connectivity index (χ0) is 17.2. The van der Waals surface area contributed by atoms with Gasteiger partial charge in [0.1, 0.15) is 11.6 Å². The van der Waals surface area contributed by atoms with Crippen molar-refractivity contribution < 1.29 is 22.3 Å². The third-order valence-corrected chi connectivity index (χ3v) is 4.87. The summed E-state index contributed by atoms with van der Waals surface area (Å²) in [4.78, 5) is 20.3. The summed E-state index contributed by atoms with van der Waals surface area (Å²) in [6.45, 7) is 0. The molecule has 1 heterocycles. The maximum absolute atomic E-state index is 12.4. The van der Waals surface area contributed by atoms with Crippen LogP contribution in [-0.2, 0) is 4.79 Å². The van der Waals surface area contributed by atoms with Crippen molar-refractivity contribution in [2.45, 2.75) is 32.1 Å². The highest BCUT2D eigenvalue weighted by Gasteiger charge is 2.21. The van der Waals surface area contributed by atoms with E-state index in [0.717, 1.165) is 53.8 Å². The Labute approximate surface area is 158 Å². The lowest BCUT2D eigenvalue weighted by atomic mass is 9.88. The van der Waals surface area contributed by atoms with E-state index in [1.807, 2.05) is 30.3 Å². The number of phenolic OH excluding ortho intramolecular Hbond substituents is 1. The quantitative estimate of drug-likeness (QED) is 0.653. The highest BCUT2D eigenvalue weighted by atomic mass is 35.5. The number of H-pyrrole nitrogens is 1. The number of hydrogen-bond donors (Lipinski definition) is 3. The predicted octanol–water partition coefficient (Wildman–Crippen LogP) is 1.46. The fourth-order valence-corrected chi connectivity index (χ4v) is 3.45. The Morgan fingerprint density at radius 2 is 1.81 bits per heavy atom. The number of halogens is 1. The van der Waals surface area contributed by atoms with E-state index >= 15 is 0 Å². The van der Waals surface area contributed by atoms with Gasteiger partial charge >= 0.3 is 0 Å². The summed E-state index contributed by atoms with van der Waals surface area (Å²) < 4.78 is 0. The molecule has 3 N–H and O–H groups in total. The van der Waals surface area contributed by atoms with Crippen LogP contribution in [-0.4, -0.2) is 21.0 Å². The molecule has 26 heavy (non-hydrogen) atoms. The van der Waals surface area contributed by atoms with Crippen LogP contribution in [0.5, 0.6) is 5.75 Å². The molecule has 2 aromatic carbocycles. The normalized spacial score (nSPS) is 14.8. The predicted molar refractivity (Wildman–Crippen MR) is 98.4 cm³/mol. The second-order valence-corrected chi connectivity index (χ2v) is 6.69. The Bertz CT molecular complexity index is 899. The Morgan fingerprint density at radius 1 is 1.08 bits per heavy atom. The monoisotopic (exact) mass is 370 g/mol. The van der Waals surface area contributed by atoms with Gasteiger partial charge in [0, 0.05) is 17.2 Å². The second kappa shape index (κ2) is 7.79. The first-order valence-corrected chi connectivity index (χ1v) is 8.79. The molecule has 1 aliphatic rings. The molecule has 4 rings (SSSR count). The van der Waals surface area contributed by atoms with E-state index in [-0.39, 0.29) is 30.0 Å². The lowest BCUT2D eigenvalue weighted by molar-refractivity contribution is -0.120. The molecule has 1 saturated carbocycles. The number of carbonyl (C=O) groups excluding carboxylic acids is 1. The van der Waals surface area contributed by atoms with Crippen LogP contribution in [0.2, 0.25) is 0 Å². The van der Waals surface area contributed by atoms with E-state index in [1.54, 1.807) is 12.1 Å². The summed E-state index contributed by atoms with van der Waals surface area (Å²) in [5.74, 6) is 1.23. The SMILES string of the molecule is O=C(Nc1ccc2nc(-c3ccc(O)cc3)[nH]c2c1)C1CCCCC1.[Cl-]. The Morgan fingerprint density at radius 3 is 2.54 bits per heavy atom. The first-order chi connectivity index (χ1) is 12.2. The number of nitrogens with one attached hydrogen (secondary N) is 2. The third-order valence-electron chi connectivity index (χ3n) is 4.87. The van der Waals surface area contributed by atoms with Crippen molar-refractivity contribution in [3.8, 4) is 17.1 Å². The van der Waals surface area contributed by atoms with Crippen LogP contribution < -0.4 is 17.7 Å². The molecule has 3 aromatic rings. The molecular formula is C20H21ClN3O2-. The number of nitrogens with zero attached hydrogens (tertiary/aromatic N) is 1. The van der Waals surface area contributed by atoms with Gasteiger partial charge in [-0.25, -0.2) is 4.98 Å². The summed E-state index contributed by atoms with van der Waals surface area (Å²) in [5, 5.41) is 12.4. The van der Waals surface area contributed by atoms with Gasteiger partial charge < -0.3 is 27.8 Å². The van der Waals surface area contributed by atoms with E-state index in [1.165, 1.54) is 6.42 Å². The number of fused-ring (bicyclic) bond motifs is 1. The van der Waals surface area contributed by atoms with E-state index in [2.05, 4.69) is 15.3 Å². The molecule has 1 amide bonds. The van der Waals surface area contributed by atoms with Crippen molar-refractivity contribution in [1.29, 1.82) is 0 Å². The van der Waals surface area contributed by atoms with Gasteiger partial charge in [-0.2, -0.15) is 0 Å². The topological polar surface area (TPSA) is 78.0 Å². The molecule has 6 heteroatoms. The number of rotatable bonds is 3. The van der Waals surface area contributed by atoms with Crippen LogP contribution in [0.1, 0.15) is 32.1 Å². The fraction of sp³-hybridized carbons (Fsp3) is 0.300. The smallest absolute Gasteiger partial charge is 0.227 e. The van der Waals surface area contributed by atoms with Gasteiger partial charge in [0.05, 0.1) is 11.0 Å². The Balaban J connectivity index is 0.00000196. The molecule has 0 aliphatic heterocycles. The summed E-state index contributed by atoms with van der Waals surface area (Å²) >= 11 is 0. The molecule has 0 atom stereocenters. The minimum Gasteiger partial charge on any atom is -1.00 e. The lowest BCUT2D eigenvalue weighted by Gasteiger charge is -2.20. The lowest BCUT2D eigenvalue weighted by Crippen LogP contribution is -3.00. The number of benzene rings is 2. The van der Waals surface area contributed by atoms with Crippen molar-refractivity contribution in [1.82, 2.24) is 9.97 Å². The summed E-state index contributed by atoms with van der Waals surface area (Å²) in [5.41, 5.74) is 3.43. The van der Waals surface area contributed by atoms with Crippen molar-refractivity contribution >= 4 is 22.6 Å². The highest BCUT2D eigenvalue weighted by Crippen LogP contribution is 2.27. The molecule has 0 spiro atoms. The van der Waals surface area contributed by atoms with Gasteiger partial charge in [0.15, 0.2) is 0 Å². The number of carbonyl (C=O) groups is 1. The zero-order valence-electron chi connectivity index (χ0n) is 14.3. The number of phenols is 1. The number of imidazole rings is 1. The number of amides is 1. The minimum atomic E-state index is 0. The van der Waals surface area contributed by atoms with Crippen molar-refractivity contribution in [2.75, 3.05) is 5.32 Å². The maximum Gasteiger partial charge on any atom is 0.227 e. The van der Waals surface area contributed by atoms with Gasteiger partial charge in [0.2, 0.25) is 5.91 Å². The van der Waals surface area contributed by atoms with Crippen LogP contribution in [0.25, 0.3) is 22.4 Å². The largest absolute Gasteiger partial charge is 1.00 e. The van der Waals surface area contributed by atoms with Crippen LogP contribution in [0, 0.1) is 5.92 Å². The van der Waals surface area contributed by atoms with Crippen LogP contribution in [0.15, 0.2) is 42.5 Å². The minimum absolute atomic E-state index is 0. The third kappa shape index (κ3) is 3.83. The van der Waals surface area contributed by atoms with Gasteiger partial charge in [0.25, 0.3) is 0 Å². The summed E-state index contributed by atoms with van der Waals surface area (Å²) in [6.07, 6.45) is 5.51. The van der Waals surface area contributed by atoms with Crippen LogP contribution in [0.3, 0.4) is 0 Å². The van der Waals surface area contributed by atoms with Gasteiger partial charge in [-0.3, -0.25) is 4.79 Å². The summed E-state index contributed by atoms with van der Waals surface area (Å²) in [6, 6.07) is 12.6. The van der Waals surface area contributed by atoms with Crippen molar-refractivity contribution in [2.24, 2.45) is 5.92 Å². The van der Waals surface area contributed by atoms with Crippen LogP contribution >= 0.6 is 0 Å². The number of aromatic hydroxyl groups is 1. The molecule has 0 bridgehead atoms. The molecule has 1 fully saturated rings. The number of hydrogen-bond acceptors (Lipinski definition) is 3. The number of anilines is 1. The first-order valence-electron chi connectivity index (χ1n) is 8.79. The van der Waals surface area contributed by atoms with Crippen LogP contribution in [0.4, 0.5) is 5.69 Å². The zero-order valence-corrected chi connectivity index (χ0v) is 15.1. The highest BCUT2D eigenvalue weighted by molar-refractivity contribution is 5.94. The maximum atomic E-state index is 12.4. The summed E-state index contributed by atoms with van der Waals surface area (Å²) in [7, 11) is 0. The molecule has 136 valence electrons. The Hall–Kier alpha value is -2.53. The van der Waals surface area contributed by atoms with Gasteiger partial charge in [-0.15, -0.1) is 0 Å². The van der Waals surface area contributed by atoms with Crippen molar-refractivity contribution in [3.05, 3.63) is 42.5 Å². The molecule has 1 aliphatic carbocycles. The molecule has 0 saturated heterocycles. The van der Waals surface area contributed by atoms with Crippen molar-refractivity contribution in [3.63, 3.8) is 0 Å². The van der Waals surface area contributed by atoms with E-state index in [9.17, 15) is 9.90 Å². The number of aromatic amines is 1. The van der Waals surface area contributed by atoms with Gasteiger partial charge in [-0.1, -0.05) is 19.3 Å². The average molecular weight is 371 g/mol. The number of aromatic nitrogens is 2. The first kappa shape index (κ1) is 18.3. The molecule has 5 nitrogen and oxygen atoms in total. The van der Waals surface area contributed by atoms with E-state index in [4.69, 9.17) is 0 Å². The van der Waals surface area contributed by atoms with E-state index in [0.29, 0.717) is 0 Å². The Kier molecular flexibility index (Phi) is 5.47. The molecule has 1 aromatic heterocycles. The molecule has 0 unspecified atom stereocenters. The molecular weight excluding hydrogens is 350 g/mol. The average Bonchev–Trinajstić information content (AvgIpc) is 3.06. The standard InChI is InChI=1S/C20H21N3O2.ClH/c24-16-9-6-13(7-10-16)19-22-17-11-8-15(12-18(17)23-19)21-20(25)14-4-2-1-3-5-14;/h6-12,14,24H,1-5H2,(H,21,25)(H,22,23);1H/p-1.